The fourth-order valence-corrected chi connectivity index (χ4v) is 2.62. The van der Waals surface area contributed by atoms with Gasteiger partial charge in [-0.1, -0.05) is 0 Å². The summed E-state index contributed by atoms with van der Waals surface area (Å²) in [5, 5.41) is 3.18. The Kier molecular flexibility index (Phi) is 4.67. The van der Waals surface area contributed by atoms with Crippen molar-refractivity contribution in [3.05, 3.63) is 0 Å². The number of nitrogens with one attached hydrogen (secondary N) is 1. The maximum Gasteiger partial charge on any atom is 0.406 e. The van der Waals surface area contributed by atoms with Gasteiger partial charge in [0.2, 0.25) is 5.91 Å². The van der Waals surface area contributed by atoms with Crippen molar-refractivity contribution in [1.82, 2.24) is 10.2 Å². The first-order chi connectivity index (χ1) is 8.96. The van der Waals surface area contributed by atoms with Crippen LogP contribution in [0.15, 0.2) is 0 Å². The highest BCUT2D eigenvalue weighted by Crippen LogP contribution is 2.21. The van der Waals surface area contributed by atoms with Gasteiger partial charge in [0.1, 0.15) is 6.54 Å². The van der Waals surface area contributed by atoms with E-state index in [1.807, 2.05) is 0 Å². The molecule has 1 N–H and O–H groups in total. The summed E-state index contributed by atoms with van der Waals surface area (Å²) in [5.74, 6) is -0.421. The fraction of sp³-hybridized carbons (Fsp3) is 0.917. The molecule has 19 heavy (non-hydrogen) atoms. The van der Waals surface area contributed by atoms with E-state index in [1.54, 1.807) is 0 Å². The molecule has 0 aromatic carbocycles. The second-order valence-corrected chi connectivity index (χ2v) is 5.12. The Balaban J connectivity index is 1.88. The number of nitrogens with zero attached hydrogens (tertiary/aromatic N) is 1. The lowest BCUT2D eigenvalue weighted by molar-refractivity contribution is -0.165. The number of ether oxygens (including phenoxy) is 1. The number of carbonyl (C=O) groups is 1. The second-order valence-electron chi connectivity index (χ2n) is 5.12. The van der Waals surface area contributed by atoms with Gasteiger partial charge in [-0.25, -0.2) is 0 Å². The zero-order valence-electron chi connectivity index (χ0n) is 10.7. The van der Waals surface area contributed by atoms with E-state index in [-0.39, 0.29) is 12.6 Å². The van der Waals surface area contributed by atoms with Crippen LogP contribution in [0.1, 0.15) is 25.7 Å². The van der Waals surface area contributed by atoms with Crippen LogP contribution in [0.25, 0.3) is 0 Å². The first-order valence-corrected chi connectivity index (χ1v) is 6.65. The number of hydrogen-bond donors (Lipinski definition) is 1. The molecule has 4 nitrogen and oxygen atoms in total. The van der Waals surface area contributed by atoms with E-state index < -0.39 is 24.7 Å². The van der Waals surface area contributed by atoms with Crippen LogP contribution in [0.3, 0.4) is 0 Å². The number of amides is 1. The molecule has 1 amide bonds. The predicted molar refractivity (Wildman–Crippen MR) is 62.6 cm³/mol. The number of rotatable bonds is 3. The van der Waals surface area contributed by atoms with Gasteiger partial charge >= 0.3 is 6.18 Å². The molecule has 2 aliphatic rings. The molecule has 1 atom stereocenters. The van der Waals surface area contributed by atoms with E-state index in [0.29, 0.717) is 26.1 Å². The van der Waals surface area contributed by atoms with Crippen LogP contribution in [0, 0.1) is 0 Å². The Bertz CT molecular complexity index is 317. The van der Waals surface area contributed by atoms with E-state index in [0.717, 1.165) is 17.7 Å². The number of piperidine rings is 1. The molecule has 110 valence electrons. The minimum Gasteiger partial charge on any atom is -0.381 e. The third kappa shape index (κ3) is 4.35. The lowest BCUT2D eigenvalue weighted by Crippen LogP contribution is -2.55. The van der Waals surface area contributed by atoms with Crippen LogP contribution in [0.5, 0.6) is 0 Å². The summed E-state index contributed by atoms with van der Waals surface area (Å²) in [4.78, 5) is 12.9. The Morgan fingerprint density at radius 2 is 1.95 bits per heavy atom. The van der Waals surface area contributed by atoms with Crippen molar-refractivity contribution in [2.75, 3.05) is 26.3 Å². The van der Waals surface area contributed by atoms with Crippen LogP contribution in [-0.4, -0.2) is 55.4 Å². The predicted octanol–water partition coefficient (Wildman–Crippen LogP) is 1.31. The van der Waals surface area contributed by atoms with Gasteiger partial charge in [0.15, 0.2) is 0 Å². The Hall–Kier alpha value is -0.820. The van der Waals surface area contributed by atoms with E-state index in [9.17, 15) is 18.0 Å². The third-order valence-corrected chi connectivity index (χ3v) is 3.56. The maximum absolute atomic E-state index is 12.4. The summed E-state index contributed by atoms with van der Waals surface area (Å²) in [6, 6.07) is -0.298. The van der Waals surface area contributed by atoms with Crippen molar-refractivity contribution < 1.29 is 22.7 Å². The molecule has 0 aromatic rings. The Labute approximate surface area is 110 Å². The summed E-state index contributed by atoms with van der Waals surface area (Å²) in [5.41, 5.74) is 0. The van der Waals surface area contributed by atoms with Crippen molar-refractivity contribution in [1.29, 1.82) is 0 Å². The highest BCUT2D eigenvalue weighted by atomic mass is 19.4. The summed E-state index contributed by atoms with van der Waals surface area (Å²) < 4.78 is 42.3. The molecule has 2 saturated heterocycles. The molecule has 2 fully saturated rings. The number of alkyl halides is 3. The number of hydrogen-bond acceptors (Lipinski definition) is 3. The topological polar surface area (TPSA) is 41.6 Å². The molecule has 0 spiro atoms. The summed E-state index contributed by atoms with van der Waals surface area (Å²) in [6.45, 7) is 0.345. The van der Waals surface area contributed by atoms with Gasteiger partial charge in [-0.2, -0.15) is 13.2 Å². The van der Waals surface area contributed by atoms with Crippen molar-refractivity contribution in [3.8, 4) is 0 Å². The molecule has 2 rings (SSSR count). The molecule has 0 bridgehead atoms. The number of likely N-dealkylation sites (tertiary alicyclic amines) is 1. The number of halogens is 3. The Morgan fingerprint density at radius 3 is 2.58 bits per heavy atom. The lowest BCUT2D eigenvalue weighted by atomic mass is 10.0. The average Bonchev–Trinajstić information content (AvgIpc) is 2.34. The SMILES string of the molecule is O=C1C(NC2CCOCC2)CCCN1CC(F)(F)F. The van der Waals surface area contributed by atoms with E-state index >= 15 is 0 Å². The average molecular weight is 280 g/mol. The molecule has 0 saturated carbocycles. The monoisotopic (exact) mass is 280 g/mol. The zero-order valence-corrected chi connectivity index (χ0v) is 10.7. The minimum absolute atomic E-state index is 0.175. The van der Waals surface area contributed by atoms with Crippen LogP contribution in [0.4, 0.5) is 13.2 Å². The first kappa shape index (κ1) is 14.6. The van der Waals surface area contributed by atoms with Gasteiger partial charge in [-0.3, -0.25) is 4.79 Å². The van der Waals surface area contributed by atoms with Crippen LogP contribution >= 0.6 is 0 Å². The zero-order chi connectivity index (χ0) is 13.9. The van der Waals surface area contributed by atoms with Gasteiger partial charge < -0.3 is 15.0 Å². The van der Waals surface area contributed by atoms with Crippen LogP contribution in [-0.2, 0) is 9.53 Å². The molecule has 0 aliphatic carbocycles. The molecule has 2 aliphatic heterocycles. The van der Waals surface area contributed by atoms with Crippen molar-refractivity contribution >= 4 is 5.91 Å². The molecule has 2 heterocycles. The van der Waals surface area contributed by atoms with Crippen molar-refractivity contribution in [2.45, 2.75) is 43.9 Å². The van der Waals surface area contributed by atoms with Crippen molar-refractivity contribution in [2.24, 2.45) is 0 Å². The number of carbonyl (C=O) groups excluding carboxylic acids is 1. The van der Waals surface area contributed by atoms with Gasteiger partial charge in [0.05, 0.1) is 6.04 Å². The smallest absolute Gasteiger partial charge is 0.381 e. The largest absolute Gasteiger partial charge is 0.406 e. The normalized spacial score (nSPS) is 26.8. The lowest BCUT2D eigenvalue weighted by Gasteiger charge is -2.35. The first-order valence-electron chi connectivity index (χ1n) is 6.65. The van der Waals surface area contributed by atoms with Gasteiger partial charge in [-0.05, 0) is 25.7 Å². The van der Waals surface area contributed by atoms with Crippen molar-refractivity contribution in [3.63, 3.8) is 0 Å². The molecule has 0 aromatic heterocycles. The highest BCUT2D eigenvalue weighted by molar-refractivity contribution is 5.82. The van der Waals surface area contributed by atoms with Crippen LogP contribution < -0.4 is 5.32 Å². The molecular weight excluding hydrogens is 261 g/mol. The third-order valence-electron chi connectivity index (χ3n) is 3.56. The van der Waals surface area contributed by atoms with E-state index in [1.165, 1.54) is 0 Å². The summed E-state index contributed by atoms with van der Waals surface area (Å²) >= 11 is 0. The second kappa shape index (κ2) is 6.09. The standard InChI is InChI=1S/C12H19F3N2O2/c13-12(14,15)8-17-5-1-2-10(11(17)18)16-9-3-6-19-7-4-9/h9-10,16H,1-8H2. The molecule has 7 heteroatoms. The molecule has 1 unspecified atom stereocenters. The Morgan fingerprint density at radius 1 is 1.26 bits per heavy atom. The van der Waals surface area contributed by atoms with E-state index in [2.05, 4.69) is 5.32 Å². The fourth-order valence-electron chi connectivity index (χ4n) is 2.62. The molecule has 0 radical (unpaired) electrons. The van der Waals surface area contributed by atoms with E-state index in [4.69, 9.17) is 4.74 Å². The molecular formula is C12H19F3N2O2. The summed E-state index contributed by atoms with van der Waals surface area (Å²) in [7, 11) is 0. The maximum atomic E-state index is 12.4. The minimum atomic E-state index is -4.32. The van der Waals surface area contributed by atoms with Gasteiger partial charge in [0.25, 0.3) is 0 Å². The van der Waals surface area contributed by atoms with Gasteiger partial charge in [-0.15, -0.1) is 0 Å². The highest BCUT2D eigenvalue weighted by Gasteiger charge is 2.37. The van der Waals surface area contributed by atoms with Gasteiger partial charge in [0, 0.05) is 25.8 Å². The summed E-state index contributed by atoms with van der Waals surface area (Å²) in [6.07, 6.45) is -1.48. The quantitative estimate of drug-likeness (QED) is 0.847. The van der Waals surface area contributed by atoms with Crippen LogP contribution in [0.2, 0.25) is 0 Å².